The molecule has 0 bridgehead atoms. The molecule has 0 aromatic heterocycles. The Hall–Kier alpha value is 5.16. The summed E-state index contributed by atoms with van der Waals surface area (Å²) in [6.45, 7) is 0. The van der Waals surface area contributed by atoms with E-state index in [1.165, 1.54) is 6.05 Å². The van der Waals surface area contributed by atoms with Crippen LogP contribution in [-0.4, -0.2) is 536 Å². The Bertz CT molecular complexity index is 1330. The zero-order valence-electron chi connectivity index (χ0n) is 44.3. The van der Waals surface area contributed by atoms with E-state index < -0.39 is 236 Å². The first-order valence-electron chi connectivity index (χ1n) is 25.2. The van der Waals surface area contributed by atoms with Crippen molar-refractivity contribution in [3.63, 3.8) is 0 Å². The molecule has 234 valence electrons. The molecule has 0 saturated carbocycles. The van der Waals surface area contributed by atoms with Gasteiger partial charge in [-0.15, -0.1) is 0 Å². The van der Waals surface area contributed by atoms with Crippen LogP contribution in [0, 0.1) is 0 Å². The minimum absolute atomic E-state index is 1.18. The molecule has 0 aliphatic heterocycles. The first-order valence-corrected chi connectivity index (χ1v) is 25.7. The van der Waals surface area contributed by atoms with E-state index >= 15 is 0 Å². The van der Waals surface area contributed by atoms with E-state index in [2.05, 4.69) is 0 Å². The van der Waals surface area contributed by atoms with Gasteiger partial charge in [-0.25, -0.2) is 0 Å². The SMILES string of the molecule is [B]B([B])B(B=S)B(B(B([B])[B])B([B])[B])B(B(B(B([B])[B])B([B])[B])B(B([B])[B])B([B])[B])B(B(B(B([B])[B])B([B])[B])B(B([B])[B])B([B])[B])B(B(B(B([B])[B])B([B])[B])B(B([B])[B])B([B])[B])B(B(B([B])[B])B([B])[B])B(B([B])[B])B([B])[B]. The Morgan fingerprint density at radius 2 is 0.221 bits per heavy atom. The van der Waals surface area contributed by atoms with Crippen molar-refractivity contribution in [3.05, 3.63) is 0 Å². The molecule has 0 aromatic carbocycles. The third-order valence-electron chi connectivity index (χ3n) is 16.2. The van der Waals surface area contributed by atoms with E-state index in [0.717, 1.165) is 0 Å². The minimum atomic E-state index is -1.83. The molecule has 0 N–H and O–H groups in total. The summed E-state index contributed by atoms with van der Waals surface area (Å²) in [5, 5.41) is 0. The molecule has 0 heterocycles. The van der Waals surface area contributed by atoms with Crippen molar-refractivity contribution in [1.29, 1.82) is 0 Å². The second-order valence-corrected chi connectivity index (χ2v) is 21.8. The maximum absolute atomic E-state index is 6.88. The Balaban J connectivity index is 12.4. The summed E-state index contributed by atoms with van der Waals surface area (Å²) >= 11 is 5.82. The normalized spacial score (nSPS) is 9.71. The average molecular weight is 854 g/mol. The molecule has 0 aliphatic rings. The van der Waals surface area contributed by atoms with Crippen LogP contribution in [-0.2, 0) is 0 Å². The van der Waals surface area contributed by atoms with Crippen LogP contribution >= 0.6 is 12.1 Å². The quantitative estimate of drug-likeness (QED) is 0.0561. The molecule has 0 atom stereocenters. The van der Waals surface area contributed by atoms with E-state index in [4.69, 9.17) is 306 Å². The zero-order chi connectivity index (χ0) is 61.1. The van der Waals surface area contributed by atoms with Gasteiger partial charge < -0.3 is 0 Å². The van der Waals surface area contributed by atoms with Crippen LogP contribution in [0.15, 0.2) is 0 Å². The predicted molar refractivity (Wildman–Crippen MR) is 445 cm³/mol. The van der Waals surface area contributed by atoms with Gasteiger partial charge >= 0.3 is 548 Å². The Morgan fingerprint density at radius 3 is 0.312 bits per heavy atom. The van der Waals surface area contributed by atoms with Gasteiger partial charge in [0, 0.05) is 0 Å². The van der Waals surface area contributed by atoms with Gasteiger partial charge in [0.05, 0.1) is 0 Å². The molecule has 0 aromatic rings. The van der Waals surface area contributed by atoms with Gasteiger partial charge in [0.1, 0.15) is 0 Å². The molecule has 0 unspecified atom stereocenters. The summed E-state index contributed by atoms with van der Waals surface area (Å²) in [6.07, 6.45) is -59.8. The summed E-state index contributed by atoms with van der Waals surface area (Å²) in [7, 11) is 260. The van der Waals surface area contributed by atoms with E-state index in [9.17, 15) is 0 Å². The fourth-order valence-electron chi connectivity index (χ4n) is 13.5. The number of hydrogen-bond acceptors (Lipinski definition) is 1. The molecular formula is B76S. The Kier molecular flexibility index (Phi) is 40.5. The summed E-state index contributed by atoms with van der Waals surface area (Å²) in [5.74, 6) is 0. The standard InChI is InChI=1S/B76S/c1-40(2)59(39-77)69(60(41(3)4)42(5)6)74(70(61(43(7)8)44(9)10)62(45(11)12)46(13)14)76(73(67(55(31)32)56(33)34)68(57(35)36)58(37)38)75(71(63(47(15)16)48(17)18)64(49(19)20)50(21)22)72(65(51(23)24)52(25)26)66(53(27)28)54(29)30. The monoisotopic (exact) mass is 869 g/mol. The molecule has 0 aliphatic carbocycles. The van der Waals surface area contributed by atoms with Crippen molar-refractivity contribution in [2.45, 2.75) is 0 Å². The first kappa shape index (κ1) is 82.2. The van der Waals surface area contributed by atoms with Gasteiger partial charge in [-0.1, -0.05) is 0 Å². The third-order valence-corrected chi connectivity index (χ3v) is 16.5. The molecule has 0 rings (SSSR count). The van der Waals surface area contributed by atoms with Crippen LogP contribution in [0.4, 0.5) is 0 Å². The third kappa shape index (κ3) is 22.3. The van der Waals surface area contributed by atoms with Crippen LogP contribution < -0.4 is 0 Å². The molecule has 0 fully saturated rings. The summed E-state index contributed by atoms with van der Waals surface area (Å²) < 4.78 is 0. The van der Waals surface area contributed by atoms with Crippen molar-refractivity contribution in [3.8, 4) is 0 Å². The van der Waals surface area contributed by atoms with Crippen molar-refractivity contribution in [2.24, 2.45) is 0 Å². The molecular weight excluding hydrogens is 854 g/mol. The second-order valence-electron chi connectivity index (χ2n) is 21.5. The van der Waals surface area contributed by atoms with Crippen LogP contribution in [0.5, 0.6) is 0 Å². The Morgan fingerprint density at radius 1 is 0.130 bits per heavy atom. The van der Waals surface area contributed by atoms with Crippen molar-refractivity contribution < 1.29 is 0 Å². The fraction of sp³-hybridized carbons (Fsp3) is 0. The molecule has 0 spiro atoms. The van der Waals surface area contributed by atoms with E-state index in [0.29, 0.717) is 0 Å². The molecule has 76 radical (unpaired) electrons. The van der Waals surface area contributed by atoms with Crippen LogP contribution in [0.3, 0.4) is 0 Å². The summed E-state index contributed by atoms with van der Waals surface area (Å²) in [4.78, 5) is 0. The van der Waals surface area contributed by atoms with Gasteiger partial charge in [0.15, 0.2) is 0 Å². The molecule has 0 saturated heterocycles. The predicted octanol–water partition coefficient (Wildman–Crippen LogP) is -28.3. The zero-order valence-corrected chi connectivity index (χ0v) is 45.1. The van der Waals surface area contributed by atoms with Gasteiger partial charge in [-0.2, -0.15) is 0 Å². The number of hydrogen-bond donors (Lipinski definition) is 0. The van der Waals surface area contributed by atoms with Crippen LogP contribution in [0.1, 0.15) is 0 Å². The summed E-state index contributed by atoms with van der Waals surface area (Å²) in [6, 6.07) is 1.18. The Labute approximate surface area is 543 Å². The molecule has 0 nitrogen and oxygen atoms in total. The van der Waals surface area contributed by atoms with Gasteiger partial charge in [0.25, 0.3) is 0 Å². The van der Waals surface area contributed by atoms with Crippen molar-refractivity contribution in [2.75, 3.05) is 0 Å². The van der Waals surface area contributed by atoms with Crippen LogP contribution in [0.2, 0.25) is 0 Å². The summed E-state index contributed by atoms with van der Waals surface area (Å²) in [5.41, 5.74) is 0. The topological polar surface area (TPSA) is 0 Å². The van der Waals surface area contributed by atoms with Gasteiger partial charge in [-0.05, 0) is 0 Å². The maximum atomic E-state index is 6.88. The number of rotatable bonds is 37. The van der Waals surface area contributed by atoms with Crippen molar-refractivity contribution in [1.82, 2.24) is 0 Å². The molecule has 77 heteroatoms. The van der Waals surface area contributed by atoms with E-state index in [1.807, 2.05) is 0 Å². The first-order chi connectivity index (χ1) is 35.1. The average Bonchev–Trinajstić information content (AvgIpc) is 3.20. The van der Waals surface area contributed by atoms with E-state index in [-0.39, 0.29) is 0 Å². The fourth-order valence-corrected chi connectivity index (χ4v) is 13.9. The van der Waals surface area contributed by atoms with Gasteiger partial charge in [0.2, 0.25) is 0 Å². The van der Waals surface area contributed by atoms with Gasteiger partial charge in [-0.3, -0.25) is 0 Å². The molecule has 0 amide bonds. The van der Waals surface area contributed by atoms with Crippen LogP contribution in [0.25, 0.3) is 0 Å². The second kappa shape index (κ2) is 38.0. The van der Waals surface area contributed by atoms with Crippen molar-refractivity contribution >= 4 is 548 Å². The van der Waals surface area contributed by atoms with E-state index in [1.54, 1.807) is 0 Å². The molecule has 77 heavy (non-hydrogen) atoms.